The van der Waals surface area contributed by atoms with Gasteiger partial charge in [-0.2, -0.15) is 0 Å². The number of morpholine rings is 1. The van der Waals surface area contributed by atoms with Gasteiger partial charge in [0.25, 0.3) is 0 Å². The van der Waals surface area contributed by atoms with Crippen LogP contribution in [0, 0.1) is 0 Å². The number of ether oxygens (including phenoxy) is 1. The summed E-state index contributed by atoms with van der Waals surface area (Å²) in [5.41, 5.74) is 3.13. The average Bonchev–Trinajstić information content (AvgIpc) is 2.73. The van der Waals surface area contributed by atoms with Crippen molar-refractivity contribution in [2.24, 2.45) is 0 Å². The van der Waals surface area contributed by atoms with Crippen LogP contribution in [0.1, 0.15) is 17.2 Å². The number of hydrogen-bond acceptors (Lipinski definition) is 4. The second kappa shape index (κ2) is 8.93. The standard InChI is InChI=1S/C22H21Cl2N3O/c23-18-7-8-19(24)20(12-18)26-22-9-6-16(13-25-22)14-27-10-11-28-21(15-27)17-4-2-1-3-5-17/h1-9,12-13,21H,10-11,14-15H2,(H,25,26)/t21-/m1/s1. The molecular formula is C22H21Cl2N3O. The van der Waals surface area contributed by atoms with Gasteiger partial charge in [0.15, 0.2) is 0 Å². The summed E-state index contributed by atoms with van der Waals surface area (Å²) >= 11 is 12.2. The first kappa shape index (κ1) is 19.2. The fraction of sp³-hybridized carbons (Fsp3) is 0.227. The van der Waals surface area contributed by atoms with E-state index in [4.69, 9.17) is 27.9 Å². The van der Waals surface area contributed by atoms with Gasteiger partial charge in [0.05, 0.1) is 23.4 Å². The van der Waals surface area contributed by atoms with Crippen LogP contribution >= 0.6 is 23.2 Å². The highest BCUT2D eigenvalue weighted by Gasteiger charge is 2.21. The molecule has 1 fully saturated rings. The SMILES string of the molecule is Clc1ccc(Cl)c(Nc2ccc(CN3CCO[C@@H](c4ccccc4)C3)cn2)c1. The second-order valence-electron chi connectivity index (χ2n) is 6.81. The van der Waals surface area contributed by atoms with E-state index in [-0.39, 0.29) is 6.10 Å². The lowest BCUT2D eigenvalue weighted by atomic mass is 10.1. The molecule has 2 heterocycles. The average molecular weight is 414 g/mol. The molecular weight excluding hydrogens is 393 g/mol. The number of anilines is 2. The Bertz CT molecular complexity index is 919. The lowest BCUT2D eigenvalue weighted by molar-refractivity contribution is -0.0329. The Morgan fingerprint density at radius 2 is 1.93 bits per heavy atom. The highest BCUT2D eigenvalue weighted by molar-refractivity contribution is 6.35. The Kier molecular flexibility index (Phi) is 6.13. The zero-order valence-corrected chi connectivity index (χ0v) is 16.8. The number of benzene rings is 2. The molecule has 0 unspecified atom stereocenters. The molecule has 1 aromatic heterocycles. The number of hydrogen-bond donors (Lipinski definition) is 1. The Hall–Kier alpha value is -2.11. The van der Waals surface area contributed by atoms with Crippen molar-refractivity contribution < 1.29 is 4.74 Å². The topological polar surface area (TPSA) is 37.4 Å². The Labute approximate surface area is 175 Å². The summed E-state index contributed by atoms with van der Waals surface area (Å²) in [4.78, 5) is 6.92. The molecule has 1 aliphatic rings. The lowest BCUT2D eigenvalue weighted by Gasteiger charge is -2.33. The number of aromatic nitrogens is 1. The highest BCUT2D eigenvalue weighted by atomic mass is 35.5. The maximum Gasteiger partial charge on any atom is 0.130 e. The van der Waals surface area contributed by atoms with E-state index in [1.165, 1.54) is 5.56 Å². The molecule has 0 saturated carbocycles. The molecule has 0 bridgehead atoms. The molecule has 0 aliphatic carbocycles. The van der Waals surface area contributed by atoms with Crippen molar-refractivity contribution in [1.29, 1.82) is 0 Å². The van der Waals surface area contributed by atoms with Gasteiger partial charge < -0.3 is 10.1 Å². The van der Waals surface area contributed by atoms with Gasteiger partial charge in [-0.15, -0.1) is 0 Å². The fourth-order valence-corrected chi connectivity index (χ4v) is 3.63. The predicted molar refractivity (Wildman–Crippen MR) is 114 cm³/mol. The van der Waals surface area contributed by atoms with E-state index in [9.17, 15) is 0 Å². The molecule has 1 N–H and O–H groups in total. The number of halogens is 2. The largest absolute Gasteiger partial charge is 0.371 e. The molecule has 0 amide bonds. The number of pyridine rings is 1. The van der Waals surface area contributed by atoms with E-state index < -0.39 is 0 Å². The van der Waals surface area contributed by atoms with E-state index in [0.29, 0.717) is 10.0 Å². The number of nitrogens with one attached hydrogen (secondary N) is 1. The molecule has 4 nitrogen and oxygen atoms in total. The van der Waals surface area contributed by atoms with Crippen LogP contribution in [0.4, 0.5) is 11.5 Å². The van der Waals surface area contributed by atoms with Crippen LogP contribution < -0.4 is 5.32 Å². The van der Waals surface area contributed by atoms with Crippen LogP contribution in [-0.4, -0.2) is 29.6 Å². The van der Waals surface area contributed by atoms with Gasteiger partial charge in [-0.25, -0.2) is 4.98 Å². The summed E-state index contributed by atoms with van der Waals surface area (Å²) in [6.07, 6.45) is 2.02. The van der Waals surface area contributed by atoms with E-state index in [1.54, 1.807) is 18.2 Å². The lowest BCUT2D eigenvalue weighted by Crippen LogP contribution is -2.37. The van der Waals surface area contributed by atoms with E-state index in [0.717, 1.165) is 43.3 Å². The Balaban J connectivity index is 1.38. The van der Waals surface area contributed by atoms with E-state index in [1.807, 2.05) is 18.3 Å². The first-order chi connectivity index (χ1) is 13.7. The van der Waals surface area contributed by atoms with E-state index in [2.05, 4.69) is 45.5 Å². The monoisotopic (exact) mass is 413 g/mol. The van der Waals surface area contributed by atoms with Gasteiger partial charge in [0.2, 0.25) is 0 Å². The molecule has 0 spiro atoms. The zero-order valence-electron chi connectivity index (χ0n) is 15.3. The van der Waals surface area contributed by atoms with Crippen LogP contribution in [0.25, 0.3) is 0 Å². The van der Waals surface area contributed by atoms with Gasteiger partial charge in [0.1, 0.15) is 5.82 Å². The highest BCUT2D eigenvalue weighted by Crippen LogP contribution is 2.28. The number of nitrogens with zero attached hydrogens (tertiary/aromatic N) is 2. The van der Waals surface area contributed by atoms with Gasteiger partial charge in [-0.1, -0.05) is 59.6 Å². The molecule has 1 atom stereocenters. The minimum atomic E-state index is 0.119. The first-order valence-corrected chi connectivity index (χ1v) is 9.99. The normalized spacial score (nSPS) is 17.4. The molecule has 4 rings (SSSR count). The van der Waals surface area contributed by atoms with Crippen LogP contribution in [-0.2, 0) is 11.3 Å². The van der Waals surface area contributed by atoms with Crippen molar-refractivity contribution in [3.63, 3.8) is 0 Å². The van der Waals surface area contributed by atoms with Crippen molar-refractivity contribution in [3.05, 3.63) is 88.0 Å². The van der Waals surface area contributed by atoms with Crippen molar-refractivity contribution in [2.45, 2.75) is 12.6 Å². The molecule has 0 radical (unpaired) electrons. The van der Waals surface area contributed by atoms with Crippen molar-refractivity contribution >= 4 is 34.7 Å². The molecule has 6 heteroatoms. The van der Waals surface area contributed by atoms with Crippen LogP contribution in [0.15, 0.2) is 66.9 Å². The third kappa shape index (κ3) is 4.83. The maximum absolute atomic E-state index is 6.20. The van der Waals surface area contributed by atoms with Crippen LogP contribution in [0.2, 0.25) is 10.0 Å². The van der Waals surface area contributed by atoms with Crippen molar-refractivity contribution in [3.8, 4) is 0 Å². The summed E-state index contributed by atoms with van der Waals surface area (Å²) in [7, 11) is 0. The Morgan fingerprint density at radius 1 is 1.07 bits per heavy atom. The van der Waals surface area contributed by atoms with E-state index >= 15 is 0 Å². The summed E-state index contributed by atoms with van der Waals surface area (Å²) in [6, 6.07) is 19.7. The molecule has 144 valence electrons. The minimum Gasteiger partial charge on any atom is -0.371 e. The van der Waals surface area contributed by atoms with Gasteiger partial charge >= 0.3 is 0 Å². The Morgan fingerprint density at radius 3 is 2.71 bits per heavy atom. The summed E-state index contributed by atoms with van der Waals surface area (Å²) < 4.78 is 5.95. The van der Waals surface area contributed by atoms with Crippen molar-refractivity contribution in [1.82, 2.24) is 9.88 Å². The van der Waals surface area contributed by atoms with Gasteiger partial charge in [-0.3, -0.25) is 4.90 Å². The predicted octanol–water partition coefficient (Wildman–Crippen LogP) is 5.71. The first-order valence-electron chi connectivity index (χ1n) is 9.23. The van der Waals surface area contributed by atoms with Crippen LogP contribution in [0.3, 0.4) is 0 Å². The number of rotatable bonds is 5. The smallest absolute Gasteiger partial charge is 0.130 e. The maximum atomic E-state index is 6.20. The quantitative estimate of drug-likeness (QED) is 0.581. The zero-order chi connectivity index (χ0) is 19.3. The molecule has 2 aromatic carbocycles. The molecule has 28 heavy (non-hydrogen) atoms. The summed E-state index contributed by atoms with van der Waals surface area (Å²) in [5.74, 6) is 0.733. The summed E-state index contributed by atoms with van der Waals surface area (Å²) in [6.45, 7) is 3.38. The second-order valence-corrected chi connectivity index (χ2v) is 7.65. The minimum absolute atomic E-state index is 0.119. The molecule has 1 aliphatic heterocycles. The summed E-state index contributed by atoms with van der Waals surface area (Å²) in [5, 5.41) is 4.45. The fourth-order valence-electron chi connectivity index (χ4n) is 3.30. The van der Waals surface area contributed by atoms with Crippen LogP contribution in [0.5, 0.6) is 0 Å². The third-order valence-corrected chi connectivity index (χ3v) is 5.31. The van der Waals surface area contributed by atoms with Gasteiger partial charge in [0, 0.05) is 30.9 Å². The molecule has 3 aromatic rings. The van der Waals surface area contributed by atoms with Gasteiger partial charge in [-0.05, 0) is 35.4 Å². The van der Waals surface area contributed by atoms with Crippen molar-refractivity contribution in [2.75, 3.05) is 25.0 Å². The molecule has 1 saturated heterocycles. The third-order valence-electron chi connectivity index (χ3n) is 4.74.